The van der Waals surface area contributed by atoms with Crippen LogP contribution >= 0.6 is 0 Å². The van der Waals surface area contributed by atoms with Crippen molar-refractivity contribution in [2.45, 2.75) is 76.8 Å². The van der Waals surface area contributed by atoms with E-state index >= 15 is 0 Å². The Labute approximate surface area is 123 Å². The summed E-state index contributed by atoms with van der Waals surface area (Å²) in [7, 11) is 0. The van der Waals surface area contributed by atoms with Crippen LogP contribution in [-0.2, 0) is 4.79 Å². The van der Waals surface area contributed by atoms with Gasteiger partial charge < -0.3 is 10.6 Å². The van der Waals surface area contributed by atoms with Gasteiger partial charge in [-0.25, -0.2) is 0 Å². The summed E-state index contributed by atoms with van der Waals surface area (Å²) in [5.41, 5.74) is 6.35. The third-order valence-electron chi connectivity index (χ3n) is 6.14. The Morgan fingerprint density at radius 3 is 2.60 bits per heavy atom. The number of rotatable bonds is 1. The zero-order valence-corrected chi connectivity index (χ0v) is 12.9. The number of likely N-dealkylation sites (tertiary alicyclic amines) is 1. The maximum absolute atomic E-state index is 13.0. The van der Waals surface area contributed by atoms with Crippen LogP contribution in [0.3, 0.4) is 0 Å². The summed E-state index contributed by atoms with van der Waals surface area (Å²) >= 11 is 0. The fourth-order valence-corrected chi connectivity index (χ4v) is 4.84. The summed E-state index contributed by atoms with van der Waals surface area (Å²) in [6.45, 7) is 3.20. The van der Waals surface area contributed by atoms with Gasteiger partial charge in [-0.2, -0.15) is 0 Å². The molecule has 1 saturated heterocycles. The lowest BCUT2D eigenvalue weighted by Gasteiger charge is -2.46. The van der Waals surface area contributed by atoms with Gasteiger partial charge in [0.15, 0.2) is 0 Å². The predicted molar refractivity (Wildman–Crippen MR) is 81.2 cm³/mol. The van der Waals surface area contributed by atoms with E-state index in [4.69, 9.17) is 5.73 Å². The van der Waals surface area contributed by atoms with Crippen LogP contribution in [0.15, 0.2) is 0 Å². The number of carbonyl (C=O) groups excluding carboxylic acids is 1. The molecule has 0 aromatic rings. The molecule has 0 aromatic heterocycles. The average Bonchev–Trinajstić information content (AvgIpc) is 2.49. The fourth-order valence-electron chi connectivity index (χ4n) is 4.84. The molecule has 3 rings (SSSR count). The Morgan fingerprint density at radius 2 is 1.75 bits per heavy atom. The molecule has 1 heterocycles. The molecule has 2 N–H and O–H groups in total. The first-order chi connectivity index (χ1) is 9.68. The van der Waals surface area contributed by atoms with Crippen molar-refractivity contribution in [1.29, 1.82) is 0 Å². The highest BCUT2D eigenvalue weighted by molar-refractivity contribution is 5.80. The number of nitrogens with zero attached hydrogens (tertiary/aromatic N) is 1. The first-order valence-electron chi connectivity index (χ1n) is 8.74. The lowest BCUT2D eigenvalue weighted by atomic mass is 9.75. The normalized spacial score (nSPS) is 42.1. The van der Waals surface area contributed by atoms with Crippen molar-refractivity contribution in [2.24, 2.45) is 23.5 Å². The topological polar surface area (TPSA) is 46.3 Å². The molecule has 1 aliphatic heterocycles. The molecule has 5 atom stereocenters. The Morgan fingerprint density at radius 1 is 1.00 bits per heavy atom. The van der Waals surface area contributed by atoms with Crippen molar-refractivity contribution >= 4 is 5.91 Å². The highest BCUT2D eigenvalue weighted by atomic mass is 16.2. The smallest absolute Gasteiger partial charge is 0.227 e. The van der Waals surface area contributed by atoms with Gasteiger partial charge >= 0.3 is 0 Å². The minimum atomic E-state index is 0.0835. The summed E-state index contributed by atoms with van der Waals surface area (Å²) in [5.74, 6) is 1.77. The Kier molecular flexibility index (Phi) is 4.34. The van der Waals surface area contributed by atoms with Crippen LogP contribution in [0.1, 0.15) is 64.7 Å². The number of fused-ring (bicyclic) bond motifs is 1. The number of piperidine rings is 1. The largest absolute Gasteiger partial charge is 0.339 e. The third-order valence-corrected chi connectivity index (χ3v) is 6.14. The highest BCUT2D eigenvalue weighted by Crippen LogP contribution is 2.37. The summed E-state index contributed by atoms with van der Waals surface area (Å²) in [6, 6.07) is 0.620. The van der Waals surface area contributed by atoms with Crippen LogP contribution in [-0.4, -0.2) is 29.4 Å². The van der Waals surface area contributed by atoms with Crippen molar-refractivity contribution < 1.29 is 4.79 Å². The molecule has 114 valence electrons. The van der Waals surface area contributed by atoms with Crippen LogP contribution in [0.2, 0.25) is 0 Å². The molecule has 3 fully saturated rings. The quantitative estimate of drug-likeness (QED) is 0.801. The van der Waals surface area contributed by atoms with E-state index in [1.54, 1.807) is 0 Å². The van der Waals surface area contributed by atoms with Crippen molar-refractivity contribution in [3.8, 4) is 0 Å². The molecular formula is C17H30N2O. The summed E-state index contributed by atoms with van der Waals surface area (Å²) in [4.78, 5) is 15.3. The average molecular weight is 278 g/mol. The molecule has 0 bridgehead atoms. The molecule has 2 saturated carbocycles. The number of hydrogen-bond acceptors (Lipinski definition) is 2. The molecule has 3 aliphatic rings. The molecule has 2 aliphatic carbocycles. The van der Waals surface area contributed by atoms with Gasteiger partial charge in [0.25, 0.3) is 0 Å². The Bertz CT molecular complexity index is 355. The second-order valence-electron chi connectivity index (χ2n) is 7.38. The van der Waals surface area contributed by atoms with E-state index in [0.717, 1.165) is 18.9 Å². The zero-order chi connectivity index (χ0) is 14.1. The maximum Gasteiger partial charge on any atom is 0.227 e. The van der Waals surface area contributed by atoms with Crippen molar-refractivity contribution in [2.75, 3.05) is 6.54 Å². The van der Waals surface area contributed by atoms with Gasteiger partial charge in [0.2, 0.25) is 5.91 Å². The van der Waals surface area contributed by atoms with E-state index in [1.807, 2.05) is 0 Å². The van der Waals surface area contributed by atoms with E-state index in [-0.39, 0.29) is 12.0 Å². The van der Waals surface area contributed by atoms with Crippen LogP contribution in [0, 0.1) is 17.8 Å². The molecule has 0 radical (unpaired) electrons. The Hall–Kier alpha value is -0.570. The van der Waals surface area contributed by atoms with Gasteiger partial charge in [0, 0.05) is 18.6 Å². The maximum atomic E-state index is 13.0. The van der Waals surface area contributed by atoms with E-state index in [9.17, 15) is 4.79 Å². The lowest BCUT2D eigenvalue weighted by Crippen LogP contribution is -2.55. The minimum absolute atomic E-state index is 0.0835. The second-order valence-corrected chi connectivity index (χ2v) is 7.38. The molecule has 20 heavy (non-hydrogen) atoms. The summed E-state index contributed by atoms with van der Waals surface area (Å²) in [6.07, 6.45) is 11.1. The molecular weight excluding hydrogens is 248 g/mol. The first kappa shape index (κ1) is 14.4. The summed E-state index contributed by atoms with van der Waals surface area (Å²) in [5, 5.41) is 0. The van der Waals surface area contributed by atoms with E-state index in [2.05, 4.69) is 11.8 Å². The highest BCUT2D eigenvalue weighted by Gasteiger charge is 2.41. The predicted octanol–water partition coefficient (Wildman–Crippen LogP) is 2.93. The van der Waals surface area contributed by atoms with Gasteiger partial charge in [0.1, 0.15) is 0 Å². The monoisotopic (exact) mass is 278 g/mol. The minimum Gasteiger partial charge on any atom is -0.339 e. The molecule has 5 unspecified atom stereocenters. The number of nitrogens with two attached hydrogens (primary N) is 1. The zero-order valence-electron chi connectivity index (χ0n) is 12.9. The van der Waals surface area contributed by atoms with Crippen molar-refractivity contribution in [3.05, 3.63) is 0 Å². The molecule has 0 spiro atoms. The van der Waals surface area contributed by atoms with Crippen LogP contribution in [0.5, 0.6) is 0 Å². The van der Waals surface area contributed by atoms with Gasteiger partial charge in [-0.05, 0) is 50.4 Å². The molecule has 3 heteroatoms. The molecule has 0 aromatic carbocycles. The van der Waals surface area contributed by atoms with E-state index in [1.165, 1.54) is 51.4 Å². The Balaban J connectivity index is 1.71. The van der Waals surface area contributed by atoms with Gasteiger partial charge in [-0.15, -0.1) is 0 Å². The van der Waals surface area contributed by atoms with E-state index < -0.39 is 0 Å². The van der Waals surface area contributed by atoms with Crippen LogP contribution < -0.4 is 5.73 Å². The van der Waals surface area contributed by atoms with E-state index in [0.29, 0.717) is 17.9 Å². The second kappa shape index (κ2) is 6.05. The SMILES string of the molecule is CC1CCCC(C(=O)N2CCCC3CCCCC32)C1N. The summed E-state index contributed by atoms with van der Waals surface area (Å²) < 4.78 is 0. The number of carbonyl (C=O) groups is 1. The van der Waals surface area contributed by atoms with Crippen molar-refractivity contribution in [3.63, 3.8) is 0 Å². The van der Waals surface area contributed by atoms with Crippen molar-refractivity contribution in [1.82, 2.24) is 4.90 Å². The van der Waals surface area contributed by atoms with Gasteiger partial charge in [-0.1, -0.05) is 26.2 Å². The first-order valence-corrected chi connectivity index (χ1v) is 8.74. The van der Waals surface area contributed by atoms with Gasteiger partial charge in [-0.3, -0.25) is 4.79 Å². The number of hydrogen-bond donors (Lipinski definition) is 1. The standard InChI is InChI=1S/C17H30N2O/c1-12-6-4-9-14(16(12)18)17(20)19-11-5-8-13-7-2-3-10-15(13)19/h12-16H,2-11,18H2,1H3. The molecule has 3 nitrogen and oxygen atoms in total. The lowest BCUT2D eigenvalue weighted by molar-refractivity contribution is -0.144. The van der Waals surface area contributed by atoms with Crippen LogP contribution in [0.25, 0.3) is 0 Å². The number of amides is 1. The van der Waals surface area contributed by atoms with Gasteiger partial charge in [0.05, 0.1) is 5.92 Å². The molecule has 1 amide bonds. The fraction of sp³-hybridized carbons (Fsp3) is 0.941. The third kappa shape index (κ3) is 2.61. The van der Waals surface area contributed by atoms with Crippen LogP contribution in [0.4, 0.5) is 0 Å².